The highest BCUT2D eigenvalue weighted by atomic mass is 16.6. The predicted octanol–water partition coefficient (Wildman–Crippen LogP) is 2.58. The quantitative estimate of drug-likeness (QED) is 0.646. The van der Waals surface area contributed by atoms with Crippen molar-refractivity contribution in [3.63, 3.8) is 0 Å². The first kappa shape index (κ1) is 14.5. The highest BCUT2D eigenvalue weighted by Gasteiger charge is 2.17. The number of benzene rings is 1. The van der Waals surface area contributed by atoms with Gasteiger partial charge in [-0.25, -0.2) is 0 Å². The molecule has 0 aliphatic heterocycles. The third-order valence-corrected chi connectivity index (χ3v) is 2.69. The zero-order valence-electron chi connectivity index (χ0n) is 11.5. The molecule has 110 valence electrons. The van der Waals surface area contributed by atoms with E-state index in [1.54, 1.807) is 13.0 Å². The summed E-state index contributed by atoms with van der Waals surface area (Å²) < 4.78 is 4.90. The van der Waals surface area contributed by atoms with Crippen molar-refractivity contribution in [3.05, 3.63) is 45.6 Å². The first-order valence-corrected chi connectivity index (χ1v) is 6.28. The topological polar surface area (TPSA) is 110 Å². The summed E-state index contributed by atoms with van der Waals surface area (Å²) in [5, 5.41) is 20.0. The van der Waals surface area contributed by atoms with Crippen LogP contribution in [0.5, 0.6) is 0 Å². The molecule has 2 aromatic rings. The number of rotatable bonds is 5. The number of nitrogens with zero attached hydrogens (tertiary/aromatic N) is 2. The van der Waals surface area contributed by atoms with E-state index in [1.807, 2.05) is 6.92 Å². The van der Waals surface area contributed by atoms with Crippen LogP contribution in [0.15, 0.2) is 28.8 Å². The Morgan fingerprint density at radius 3 is 2.76 bits per heavy atom. The summed E-state index contributed by atoms with van der Waals surface area (Å²) in [6, 6.07) is 5.62. The second-order valence-corrected chi connectivity index (χ2v) is 4.30. The first-order valence-electron chi connectivity index (χ1n) is 6.28. The fraction of sp³-hybridized carbons (Fsp3) is 0.231. The lowest BCUT2D eigenvalue weighted by atomic mass is 10.1. The molecule has 0 saturated heterocycles. The average molecular weight is 290 g/mol. The Balaban J connectivity index is 2.32. The van der Waals surface area contributed by atoms with Crippen molar-refractivity contribution in [2.45, 2.75) is 13.8 Å². The van der Waals surface area contributed by atoms with E-state index < -0.39 is 10.8 Å². The number of nitro benzene ring substituents is 1. The fourth-order valence-electron chi connectivity index (χ4n) is 1.78. The number of anilines is 2. The van der Waals surface area contributed by atoms with Gasteiger partial charge in [0.1, 0.15) is 0 Å². The second-order valence-electron chi connectivity index (χ2n) is 4.30. The zero-order chi connectivity index (χ0) is 15.4. The zero-order valence-corrected chi connectivity index (χ0v) is 11.5. The third-order valence-electron chi connectivity index (χ3n) is 2.69. The lowest BCUT2D eigenvalue weighted by Crippen LogP contribution is -2.15. The van der Waals surface area contributed by atoms with E-state index in [2.05, 4.69) is 15.8 Å². The number of non-ortho nitro benzene ring substituents is 1. The van der Waals surface area contributed by atoms with Crippen molar-refractivity contribution in [2.24, 2.45) is 0 Å². The average Bonchev–Trinajstić information content (AvgIpc) is 2.84. The van der Waals surface area contributed by atoms with Gasteiger partial charge in [-0.1, -0.05) is 5.16 Å². The summed E-state index contributed by atoms with van der Waals surface area (Å²) in [5.74, 6) is -0.322. The van der Waals surface area contributed by atoms with E-state index in [1.165, 1.54) is 18.2 Å². The molecule has 0 aliphatic rings. The third kappa shape index (κ3) is 3.35. The summed E-state index contributed by atoms with van der Waals surface area (Å²) >= 11 is 0. The molecular weight excluding hydrogens is 276 g/mol. The van der Waals surface area contributed by atoms with Gasteiger partial charge in [0, 0.05) is 30.4 Å². The number of hydrogen-bond donors (Lipinski definition) is 2. The molecule has 0 aliphatic carbocycles. The van der Waals surface area contributed by atoms with Crippen molar-refractivity contribution in [2.75, 3.05) is 17.2 Å². The molecule has 0 fully saturated rings. The molecule has 21 heavy (non-hydrogen) atoms. The Morgan fingerprint density at radius 2 is 2.19 bits per heavy atom. The van der Waals surface area contributed by atoms with Crippen molar-refractivity contribution >= 4 is 23.2 Å². The Hall–Kier alpha value is -2.90. The maximum absolute atomic E-state index is 12.2. The minimum atomic E-state index is -0.550. The maximum atomic E-state index is 12.2. The smallest absolute Gasteiger partial charge is 0.270 e. The lowest BCUT2D eigenvalue weighted by Gasteiger charge is -2.09. The van der Waals surface area contributed by atoms with Crippen LogP contribution >= 0.6 is 0 Å². The summed E-state index contributed by atoms with van der Waals surface area (Å²) in [5.41, 5.74) is 1.14. The van der Waals surface area contributed by atoms with Gasteiger partial charge in [0.25, 0.3) is 11.6 Å². The van der Waals surface area contributed by atoms with E-state index in [9.17, 15) is 14.9 Å². The van der Waals surface area contributed by atoms with Gasteiger partial charge < -0.3 is 9.84 Å². The highest BCUT2D eigenvalue weighted by Crippen LogP contribution is 2.23. The monoisotopic (exact) mass is 290 g/mol. The van der Waals surface area contributed by atoms with Gasteiger partial charge in [0.15, 0.2) is 0 Å². The molecule has 2 N–H and O–H groups in total. The summed E-state index contributed by atoms with van der Waals surface area (Å²) in [4.78, 5) is 22.5. The predicted molar refractivity (Wildman–Crippen MR) is 76.5 cm³/mol. The van der Waals surface area contributed by atoms with Gasteiger partial charge in [-0.15, -0.1) is 0 Å². The van der Waals surface area contributed by atoms with Crippen LogP contribution in [0.1, 0.15) is 23.0 Å². The Morgan fingerprint density at radius 1 is 1.43 bits per heavy atom. The molecule has 0 radical (unpaired) electrons. The number of nitrogens with one attached hydrogen (secondary N) is 2. The molecule has 0 unspecified atom stereocenters. The minimum absolute atomic E-state index is 0.157. The van der Waals surface area contributed by atoms with E-state index in [0.29, 0.717) is 17.9 Å². The number of hydrogen-bond acceptors (Lipinski definition) is 6. The van der Waals surface area contributed by atoms with Gasteiger partial charge in [0.05, 0.1) is 16.2 Å². The Kier molecular flexibility index (Phi) is 4.17. The molecule has 2 rings (SSSR count). The van der Waals surface area contributed by atoms with E-state index in [0.717, 1.165) is 0 Å². The van der Waals surface area contributed by atoms with E-state index in [4.69, 9.17) is 4.52 Å². The normalized spacial score (nSPS) is 10.2. The number of carbonyl (C=O) groups excluding carboxylic acids is 1. The first-order chi connectivity index (χ1) is 10.0. The molecule has 1 heterocycles. The molecule has 0 atom stereocenters. The number of carbonyl (C=O) groups is 1. The van der Waals surface area contributed by atoms with Crippen LogP contribution in [0.3, 0.4) is 0 Å². The molecular formula is C13H14N4O4. The SMILES string of the molecule is CCNc1ccc([N+](=O)[O-])cc1C(=O)Nc1cc(C)no1. The van der Waals surface area contributed by atoms with Crippen molar-refractivity contribution < 1.29 is 14.2 Å². The van der Waals surface area contributed by atoms with Crippen LogP contribution in [-0.2, 0) is 0 Å². The molecule has 1 aromatic carbocycles. The van der Waals surface area contributed by atoms with Crippen LogP contribution in [0.2, 0.25) is 0 Å². The minimum Gasteiger partial charge on any atom is -0.385 e. The number of amides is 1. The summed E-state index contributed by atoms with van der Waals surface area (Å²) in [6.07, 6.45) is 0. The second kappa shape index (κ2) is 6.04. The summed E-state index contributed by atoms with van der Waals surface area (Å²) in [6.45, 7) is 4.17. The van der Waals surface area contributed by atoms with E-state index in [-0.39, 0.29) is 17.1 Å². The molecule has 0 saturated carbocycles. The van der Waals surface area contributed by atoms with Gasteiger partial charge in [-0.05, 0) is 19.9 Å². The molecule has 1 aromatic heterocycles. The van der Waals surface area contributed by atoms with Gasteiger partial charge in [-0.2, -0.15) is 0 Å². The van der Waals surface area contributed by atoms with E-state index >= 15 is 0 Å². The molecule has 8 heteroatoms. The van der Waals surface area contributed by atoms with Crippen LogP contribution in [0, 0.1) is 17.0 Å². The largest absolute Gasteiger partial charge is 0.385 e. The Labute approximate surface area is 120 Å². The highest BCUT2D eigenvalue weighted by molar-refractivity contribution is 6.07. The molecule has 0 bridgehead atoms. The summed E-state index contributed by atoms with van der Waals surface area (Å²) in [7, 11) is 0. The van der Waals surface area contributed by atoms with Crippen molar-refractivity contribution in [1.29, 1.82) is 0 Å². The van der Waals surface area contributed by atoms with Crippen LogP contribution in [0.4, 0.5) is 17.3 Å². The fourth-order valence-corrected chi connectivity index (χ4v) is 1.78. The van der Waals surface area contributed by atoms with Crippen molar-refractivity contribution in [1.82, 2.24) is 5.16 Å². The molecule has 1 amide bonds. The van der Waals surface area contributed by atoms with Gasteiger partial charge in [-0.3, -0.25) is 20.2 Å². The van der Waals surface area contributed by atoms with Gasteiger partial charge in [0.2, 0.25) is 5.88 Å². The lowest BCUT2D eigenvalue weighted by molar-refractivity contribution is -0.384. The Bertz CT molecular complexity index is 681. The number of nitro groups is 1. The number of aromatic nitrogens is 1. The van der Waals surface area contributed by atoms with Crippen LogP contribution in [0.25, 0.3) is 0 Å². The number of aryl methyl sites for hydroxylation is 1. The van der Waals surface area contributed by atoms with Crippen LogP contribution < -0.4 is 10.6 Å². The van der Waals surface area contributed by atoms with Crippen molar-refractivity contribution in [3.8, 4) is 0 Å². The molecule has 8 nitrogen and oxygen atoms in total. The maximum Gasteiger partial charge on any atom is 0.270 e. The molecule has 0 spiro atoms. The van der Waals surface area contributed by atoms with Crippen LogP contribution in [-0.4, -0.2) is 22.5 Å². The van der Waals surface area contributed by atoms with Gasteiger partial charge >= 0.3 is 0 Å². The standard InChI is InChI=1S/C13H14N4O4/c1-3-14-11-5-4-9(17(19)20)7-10(11)13(18)15-12-6-8(2)16-21-12/h4-7,14H,3H2,1-2H3,(H,15,18).